The highest BCUT2D eigenvalue weighted by molar-refractivity contribution is 5.16. The summed E-state index contributed by atoms with van der Waals surface area (Å²) in [4.78, 5) is 0. The Morgan fingerprint density at radius 1 is 1.36 bits per heavy atom. The van der Waals surface area contributed by atoms with Crippen LogP contribution >= 0.6 is 0 Å². The van der Waals surface area contributed by atoms with Crippen LogP contribution in [0.15, 0.2) is 24.3 Å². The van der Waals surface area contributed by atoms with Crippen LogP contribution in [0.3, 0.4) is 0 Å². The van der Waals surface area contributed by atoms with Crippen LogP contribution < -0.4 is 5.32 Å². The van der Waals surface area contributed by atoms with Crippen molar-refractivity contribution in [3.05, 3.63) is 35.6 Å². The zero-order valence-electron chi connectivity index (χ0n) is 8.34. The van der Waals surface area contributed by atoms with Crippen LogP contribution in [-0.2, 0) is 6.54 Å². The monoisotopic (exact) mass is 192 g/mol. The summed E-state index contributed by atoms with van der Waals surface area (Å²) in [5, 5.41) is 11.8. The van der Waals surface area contributed by atoms with Crippen LogP contribution in [-0.4, -0.2) is 5.54 Å². The van der Waals surface area contributed by atoms with E-state index in [0.717, 1.165) is 5.56 Å². The fourth-order valence-corrected chi connectivity index (χ4v) is 0.965. The van der Waals surface area contributed by atoms with Gasteiger partial charge in [-0.15, -0.1) is 0 Å². The zero-order valence-corrected chi connectivity index (χ0v) is 8.34. The molecular formula is C11H13FN2. The van der Waals surface area contributed by atoms with E-state index in [-0.39, 0.29) is 5.82 Å². The minimum Gasteiger partial charge on any atom is -0.296 e. The first-order valence-electron chi connectivity index (χ1n) is 4.44. The predicted octanol–water partition coefficient (Wildman–Crippen LogP) is 2.22. The molecule has 0 aliphatic heterocycles. The lowest BCUT2D eigenvalue weighted by molar-refractivity contribution is 0.485. The standard InChI is InChI=1S/C11H13FN2/c1-11(2,8-13)14-7-9-3-5-10(12)6-4-9/h3-6,14H,7H2,1-2H3. The van der Waals surface area contributed by atoms with E-state index < -0.39 is 5.54 Å². The molecule has 1 N–H and O–H groups in total. The number of benzene rings is 1. The number of rotatable bonds is 3. The Morgan fingerprint density at radius 2 is 1.93 bits per heavy atom. The van der Waals surface area contributed by atoms with Crippen molar-refractivity contribution in [2.24, 2.45) is 0 Å². The van der Waals surface area contributed by atoms with Gasteiger partial charge < -0.3 is 0 Å². The molecule has 2 nitrogen and oxygen atoms in total. The second kappa shape index (κ2) is 4.21. The van der Waals surface area contributed by atoms with Crippen LogP contribution in [0.1, 0.15) is 19.4 Å². The Labute approximate surface area is 83.4 Å². The Bertz CT molecular complexity index is 335. The third kappa shape index (κ3) is 3.15. The summed E-state index contributed by atoms with van der Waals surface area (Å²) in [5.74, 6) is -0.242. The number of nitriles is 1. The molecule has 3 heteroatoms. The molecule has 0 unspecified atom stereocenters. The maximum absolute atomic E-state index is 12.6. The van der Waals surface area contributed by atoms with Crippen molar-refractivity contribution in [1.29, 1.82) is 5.26 Å². The SMILES string of the molecule is CC(C)(C#N)NCc1ccc(F)cc1. The minimum absolute atomic E-state index is 0.242. The van der Waals surface area contributed by atoms with Gasteiger partial charge in [0.15, 0.2) is 0 Å². The topological polar surface area (TPSA) is 35.8 Å². The van der Waals surface area contributed by atoms with Gasteiger partial charge in [-0.1, -0.05) is 12.1 Å². The van der Waals surface area contributed by atoms with Gasteiger partial charge in [-0.25, -0.2) is 4.39 Å². The van der Waals surface area contributed by atoms with E-state index in [1.807, 2.05) is 0 Å². The molecule has 0 amide bonds. The molecule has 74 valence electrons. The summed E-state index contributed by atoms with van der Waals surface area (Å²) >= 11 is 0. The smallest absolute Gasteiger partial charge is 0.123 e. The van der Waals surface area contributed by atoms with Gasteiger partial charge in [-0.3, -0.25) is 5.32 Å². The number of halogens is 1. The number of hydrogen-bond donors (Lipinski definition) is 1. The van der Waals surface area contributed by atoms with Crippen LogP contribution in [0.4, 0.5) is 4.39 Å². The van der Waals surface area contributed by atoms with Crippen molar-refractivity contribution in [3.8, 4) is 6.07 Å². The van der Waals surface area contributed by atoms with E-state index in [9.17, 15) is 4.39 Å². The minimum atomic E-state index is -0.547. The largest absolute Gasteiger partial charge is 0.296 e. The van der Waals surface area contributed by atoms with Gasteiger partial charge in [-0.05, 0) is 31.5 Å². The molecule has 14 heavy (non-hydrogen) atoms. The summed E-state index contributed by atoms with van der Waals surface area (Å²) in [6, 6.07) is 8.37. The van der Waals surface area contributed by atoms with E-state index in [1.54, 1.807) is 26.0 Å². The Balaban J connectivity index is 2.55. The van der Waals surface area contributed by atoms with E-state index in [2.05, 4.69) is 11.4 Å². The Kier molecular flexibility index (Phi) is 3.21. The normalized spacial score (nSPS) is 11.0. The first kappa shape index (κ1) is 10.7. The number of nitrogens with zero attached hydrogens (tertiary/aromatic N) is 1. The lowest BCUT2D eigenvalue weighted by Crippen LogP contribution is -2.36. The molecule has 0 aliphatic rings. The second-order valence-corrected chi connectivity index (χ2v) is 3.72. The van der Waals surface area contributed by atoms with Crippen molar-refractivity contribution in [2.75, 3.05) is 0 Å². The molecule has 1 rings (SSSR count). The highest BCUT2D eigenvalue weighted by Gasteiger charge is 2.14. The molecule has 1 aromatic rings. The summed E-state index contributed by atoms with van der Waals surface area (Å²) in [7, 11) is 0. The lowest BCUT2D eigenvalue weighted by Gasteiger charge is -2.17. The fraction of sp³-hybridized carbons (Fsp3) is 0.364. The molecule has 0 fully saturated rings. The molecule has 0 bridgehead atoms. The second-order valence-electron chi connectivity index (χ2n) is 3.72. The maximum Gasteiger partial charge on any atom is 0.123 e. The molecule has 0 aromatic heterocycles. The van der Waals surface area contributed by atoms with Crippen molar-refractivity contribution in [1.82, 2.24) is 5.32 Å². The van der Waals surface area contributed by atoms with Crippen molar-refractivity contribution in [3.63, 3.8) is 0 Å². The predicted molar refractivity (Wildman–Crippen MR) is 52.9 cm³/mol. The summed E-state index contributed by atoms with van der Waals surface area (Å²) in [6.07, 6.45) is 0. The van der Waals surface area contributed by atoms with Gasteiger partial charge in [0.1, 0.15) is 11.4 Å². The van der Waals surface area contributed by atoms with E-state index in [4.69, 9.17) is 5.26 Å². The van der Waals surface area contributed by atoms with E-state index in [1.165, 1.54) is 12.1 Å². The van der Waals surface area contributed by atoms with E-state index in [0.29, 0.717) is 6.54 Å². The van der Waals surface area contributed by atoms with Gasteiger partial charge in [0.2, 0.25) is 0 Å². The first-order chi connectivity index (χ1) is 6.53. The highest BCUT2D eigenvalue weighted by Crippen LogP contribution is 2.05. The molecule has 0 atom stereocenters. The first-order valence-corrected chi connectivity index (χ1v) is 4.44. The summed E-state index contributed by atoms with van der Waals surface area (Å²) < 4.78 is 12.6. The van der Waals surface area contributed by atoms with Crippen molar-refractivity contribution < 1.29 is 4.39 Å². The van der Waals surface area contributed by atoms with Crippen LogP contribution in [0.25, 0.3) is 0 Å². The molecular weight excluding hydrogens is 179 g/mol. The Morgan fingerprint density at radius 3 is 2.43 bits per heavy atom. The average Bonchev–Trinajstić information content (AvgIpc) is 2.17. The maximum atomic E-state index is 12.6. The molecule has 0 aliphatic carbocycles. The van der Waals surface area contributed by atoms with Gasteiger partial charge in [0, 0.05) is 6.54 Å². The van der Waals surface area contributed by atoms with Crippen LogP contribution in [0.5, 0.6) is 0 Å². The molecule has 0 heterocycles. The summed E-state index contributed by atoms with van der Waals surface area (Å²) in [6.45, 7) is 4.17. The van der Waals surface area contributed by atoms with Gasteiger partial charge in [-0.2, -0.15) is 5.26 Å². The van der Waals surface area contributed by atoms with Crippen molar-refractivity contribution >= 4 is 0 Å². The summed E-state index contributed by atoms with van der Waals surface area (Å²) in [5.41, 5.74) is 0.420. The molecule has 0 spiro atoms. The fourth-order valence-electron chi connectivity index (χ4n) is 0.965. The highest BCUT2D eigenvalue weighted by atomic mass is 19.1. The zero-order chi connectivity index (χ0) is 10.6. The number of hydrogen-bond acceptors (Lipinski definition) is 2. The quantitative estimate of drug-likeness (QED) is 0.797. The van der Waals surface area contributed by atoms with Gasteiger partial charge >= 0.3 is 0 Å². The van der Waals surface area contributed by atoms with Gasteiger partial charge in [0.05, 0.1) is 6.07 Å². The van der Waals surface area contributed by atoms with Crippen LogP contribution in [0, 0.1) is 17.1 Å². The lowest BCUT2D eigenvalue weighted by atomic mass is 10.1. The Hall–Kier alpha value is -1.40. The molecule has 1 aromatic carbocycles. The molecule has 0 saturated heterocycles. The van der Waals surface area contributed by atoms with E-state index >= 15 is 0 Å². The van der Waals surface area contributed by atoms with Crippen molar-refractivity contribution in [2.45, 2.75) is 25.9 Å². The molecule has 0 radical (unpaired) electrons. The number of nitrogens with one attached hydrogen (secondary N) is 1. The van der Waals surface area contributed by atoms with Gasteiger partial charge in [0.25, 0.3) is 0 Å². The van der Waals surface area contributed by atoms with Crippen LogP contribution in [0.2, 0.25) is 0 Å². The molecule has 0 saturated carbocycles. The average molecular weight is 192 g/mol. The third-order valence-corrected chi connectivity index (χ3v) is 1.93. The third-order valence-electron chi connectivity index (χ3n) is 1.93.